The molecule has 0 nitrogen and oxygen atoms in total. The van der Waals surface area contributed by atoms with Crippen LogP contribution in [0, 0.1) is 55.4 Å². The Labute approximate surface area is 293 Å². The van der Waals surface area contributed by atoms with Gasteiger partial charge < -0.3 is 30.3 Å². The molecule has 232 valence electrons. The molecule has 0 saturated heterocycles. The molecule has 6 rings (SSSR count). The van der Waals surface area contributed by atoms with E-state index in [1.165, 1.54) is 76.3 Å². The molecule has 0 spiro atoms. The van der Waals surface area contributed by atoms with Crippen LogP contribution in [0.4, 0.5) is 0 Å². The SMILES string of the molecule is Cc1cccc(P(c2cccc(C)c2C)c2ccc[c-]2P(c2cccc(C)c2C)c2cccc(C)c2C)c1C.[Hf].[cH-]1[cH-][cH-][cH-][cH-]1. The predicted octanol–water partition coefficient (Wildman–Crippen LogP) is 8.79. The zero-order chi connectivity index (χ0) is 31.4. The summed E-state index contributed by atoms with van der Waals surface area (Å²) >= 11 is 0. The van der Waals surface area contributed by atoms with Gasteiger partial charge in [-0.2, -0.15) is 6.07 Å². The molecule has 0 radical (unpaired) electrons. The summed E-state index contributed by atoms with van der Waals surface area (Å²) in [5, 5.41) is 8.90. The summed E-state index contributed by atoms with van der Waals surface area (Å²) in [5.74, 6) is 0. The first-order valence-corrected chi connectivity index (χ1v) is 18.2. The molecule has 6 aromatic carbocycles. The van der Waals surface area contributed by atoms with Crippen molar-refractivity contribution < 1.29 is 25.8 Å². The number of aryl methyl sites for hydroxylation is 4. The van der Waals surface area contributed by atoms with Crippen LogP contribution >= 0.6 is 15.8 Å². The monoisotopic (exact) mass is 790 g/mol. The van der Waals surface area contributed by atoms with Gasteiger partial charge in [-0.3, -0.25) is 0 Å². The van der Waals surface area contributed by atoms with Crippen molar-refractivity contribution in [3.63, 3.8) is 0 Å². The van der Waals surface area contributed by atoms with Crippen molar-refractivity contribution in [3.8, 4) is 0 Å². The third-order valence-electron chi connectivity index (χ3n) is 9.08. The maximum absolute atomic E-state index is 2.43. The van der Waals surface area contributed by atoms with Crippen molar-refractivity contribution in [1.82, 2.24) is 0 Å². The molecule has 0 fully saturated rings. The molecule has 0 aliphatic carbocycles. The molecule has 0 aliphatic rings. The minimum Gasteiger partial charge on any atom is -0.748 e. The molecule has 0 atom stereocenters. The van der Waals surface area contributed by atoms with Crippen LogP contribution in [0.25, 0.3) is 0 Å². The van der Waals surface area contributed by atoms with Gasteiger partial charge in [-0.1, -0.05) is 80.7 Å². The zero-order valence-corrected chi connectivity index (χ0v) is 33.3. The largest absolute Gasteiger partial charge is 0.748 e. The van der Waals surface area contributed by atoms with Crippen molar-refractivity contribution in [2.45, 2.75) is 55.4 Å². The van der Waals surface area contributed by atoms with E-state index in [4.69, 9.17) is 0 Å². The Morgan fingerprint density at radius 3 is 1.13 bits per heavy atom. The Balaban J connectivity index is 0.000000700. The van der Waals surface area contributed by atoms with Gasteiger partial charge in [0.25, 0.3) is 0 Å². The van der Waals surface area contributed by atoms with Crippen molar-refractivity contribution in [1.29, 1.82) is 0 Å². The molecular weight excluding hydrogens is 745 g/mol. The molecule has 0 amide bonds. The standard InChI is InChI=1S/C37H39P2.C5H5.Hf/c1-24-14-9-18-32(28(24)5)38(33-19-10-15-25(2)29(33)6)36-22-13-23-37(36)39(34-20-11-16-26(3)30(34)7)35-21-12-17-27(4)31(35)8;1-2-4-5-3-1;/h9-23H,1-8H3;1-5H;/q-1;-5;. The molecule has 3 heteroatoms. The fourth-order valence-corrected chi connectivity index (χ4v) is 12.0. The second-order valence-electron chi connectivity index (χ2n) is 11.8. The molecule has 0 bridgehead atoms. The van der Waals surface area contributed by atoms with Crippen LogP contribution in [0.15, 0.2) is 121 Å². The second-order valence-corrected chi connectivity index (χ2v) is 16.0. The first-order valence-electron chi connectivity index (χ1n) is 15.5. The van der Waals surface area contributed by atoms with Crippen molar-refractivity contribution in [2.75, 3.05) is 0 Å². The maximum atomic E-state index is 2.43. The van der Waals surface area contributed by atoms with Gasteiger partial charge in [0, 0.05) is 25.8 Å². The first-order chi connectivity index (χ1) is 21.2. The van der Waals surface area contributed by atoms with Crippen molar-refractivity contribution in [2.24, 2.45) is 0 Å². The fourth-order valence-electron chi connectivity index (χ4n) is 5.79. The molecular formula is C42H44HfP2-6. The van der Waals surface area contributed by atoms with E-state index in [0.29, 0.717) is 0 Å². The van der Waals surface area contributed by atoms with E-state index in [1.807, 2.05) is 30.3 Å². The normalized spacial score (nSPS) is 10.9. The van der Waals surface area contributed by atoms with Gasteiger partial charge in [-0.15, -0.1) is 10.6 Å². The van der Waals surface area contributed by atoms with E-state index >= 15 is 0 Å². The molecule has 0 heterocycles. The van der Waals surface area contributed by atoms with Crippen LogP contribution in [0.2, 0.25) is 0 Å². The Kier molecular flexibility index (Phi) is 12.3. The molecule has 0 unspecified atom stereocenters. The summed E-state index contributed by atoms with van der Waals surface area (Å²) in [7, 11) is -1.47. The Hall–Kier alpha value is -2.69. The molecule has 45 heavy (non-hydrogen) atoms. The smallest absolute Gasteiger partial charge is 0 e. The minimum absolute atomic E-state index is 0. The Bertz CT molecular complexity index is 1620. The second kappa shape index (κ2) is 15.7. The summed E-state index contributed by atoms with van der Waals surface area (Å²) in [6, 6.07) is 44.7. The van der Waals surface area contributed by atoms with Gasteiger partial charge in [0.05, 0.1) is 0 Å². The molecule has 0 aliphatic heterocycles. The molecule has 0 N–H and O–H groups in total. The number of hydrogen-bond donors (Lipinski definition) is 0. The van der Waals surface area contributed by atoms with Crippen LogP contribution in [0.3, 0.4) is 0 Å². The van der Waals surface area contributed by atoms with Crippen LogP contribution in [-0.2, 0) is 25.8 Å². The zero-order valence-electron chi connectivity index (χ0n) is 27.9. The topological polar surface area (TPSA) is 0 Å². The van der Waals surface area contributed by atoms with Gasteiger partial charge in [-0.25, -0.2) is 12.1 Å². The first kappa shape index (κ1) is 35.2. The molecule has 0 aromatic heterocycles. The van der Waals surface area contributed by atoms with Gasteiger partial charge in [0.15, 0.2) is 0 Å². The third-order valence-corrected chi connectivity index (χ3v) is 14.9. The molecule has 6 aromatic rings. The number of hydrogen-bond acceptors (Lipinski definition) is 0. The minimum atomic E-state index is -0.735. The Morgan fingerprint density at radius 1 is 0.422 bits per heavy atom. The quantitative estimate of drug-likeness (QED) is 0.0900. The van der Waals surface area contributed by atoms with Gasteiger partial charge >= 0.3 is 0 Å². The van der Waals surface area contributed by atoms with Gasteiger partial charge in [0.2, 0.25) is 0 Å². The number of rotatable bonds is 6. The average Bonchev–Trinajstić information content (AvgIpc) is 3.74. The maximum Gasteiger partial charge on any atom is 0 e. The van der Waals surface area contributed by atoms with Crippen molar-refractivity contribution >= 4 is 47.7 Å². The van der Waals surface area contributed by atoms with Gasteiger partial charge in [0.1, 0.15) is 0 Å². The predicted molar refractivity (Wildman–Crippen MR) is 199 cm³/mol. The van der Waals surface area contributed by atoms with E-state index in [9.17, 15) is 0 Å². The van der Waals surface area contributed by atoms with E-state index in [2.05, 4.69) is 146 Å². The van der Waals surface area contributed by atoms with E-state index < -0.39 is 15.8 Å². The van der Waals surface area contributed by atoms with E-state index in [-0.39, 0.29) is 25.8 Å². The summed E-state index contributed by atoms with van der Waals surface area (Å²) in [4.78, 5) is 0. The number of benzene rings is 4. The Morgan fingerprint density at radius 2 is 0.756 bits per heavy atom. The molecule has 0 saturated carbocycles. The van der Waals surface area contributed by atoms with Crippen molar-refractivity contribution in [3.05, 3.63) is 166 Å². The van der Waals surface area contributed by atoms with Gasteiger partial charge in [-0.05, 0) is 129 Å². The fraction of sp³-hybridized carbons (Fsp3) is 0.190. The average molecular weight is 789 g/mol. The summed E-state index contributed by atoms with van der Waals surface area (Å²) in [6.07, 6.45) is 0. The summed E-state index contributed by atoms with van der Waals surface area (Å²) < 4.78 is 0. The van der Waals surface area contributed by atoms with E-state index in [0.717, 1.165) is 0 Å². The van der Waals surface area contributed by atoms with Crippen LogP contribution in [-0.4, -0.2) is 0 Å². The van der Waals surface area contributed by atoms with E-state index in [1.54, 1.807) is 0 Å². The van der Waals surface area contributed by atoms with Crippen LogP contribution < -0.4 is 31.8 Å². The van der Waals surface area contributed by atoms with Crippen LogP contribution in [0.1, 0.15) is 44.5 Å². The van der Waals surface area contributed by atoms with Crippen LogP contribution in [0.5, 0.6) is 0 Å². The third kappa shape index (κ3) is 7.49. The summed E-state index contributed by atoms with van der Waals surface area (Å²) in [6.45, 7) is 18.2. The summed E-state index contributed by atoms with van der Waals surface area (Å²) in [5.41, 5.74) is 11.1.